The van der Waals surface area contributed by atoms with Gasteiger partial charge in [0.05, 0.1) is 10.9 Å². The lowest BCUT2D eigenvalue weighted by atomic mass is 9.75. The van der Waals surface area contributed by atoms with E-state index in [2.05, 4.69) is 30.5 Å². The summed E-state index contributed by atoms with van der Waals surface area (Å²) in [5.41, 5.74) is -2.28. The van der Waals surface area contributed by atoms with Gasteiger partial charge in [0.15, 0.2) is 5.65 Å². The second kappa shape index (κ2) is 8.04. The van der Waals surface area contributed by atoms with Crippen LogP contribution in [-0.4, -0.2) is 55.5 Å². The number of halogens is 5. The van der Waals surface area contributed by atoms with Crippen LogP contribution < -0.4 is 4.90 Å². The molecule has 12 heteroatoms. The fourth-order valence-electron chi connectivity index (χ4n) is 4.94. The van der Waals surface area contributed by atoms with E-state index in [-0.39, 0.29) is 11.2 Å². The summed E-state index contributed by atoms with van der Waals surface area (Å²) in [5, 5.41) is 4.53. The molecule has 1 saturated heterocycles. The van der Waals surface area contributed by atoms with Crippen molar-refractivity contribution in [1.82, 2.24) is 24.1 Å². The Balaban J connectivity index is 1.56. The molecule has 6 nitrogen and oxygen atoms in total. The van der Waals surface area contributed by atoms with Crippen LogP contribution in [0.3, 0.4) is 0 Å². The summed E-state index contributed by atoms with van der Waals surface area (Å²) in [6, 6.07) is 0.468. The lowest BCUT2D eigenvalue weighted by Crippen LogP contribution is -2.63. The molecule has 1 aromatic carbocycles. The van der Waals surface area contributed by atoms with E-state index >= 15 is 0 Å². The number of alkyl halides is 3. The van der Waals surface area contributed by atoms with Crippen molar-refractivity contribution in [3.05, 3.63) is 35.0 Å². The summed E-state index contributed by atoms with van der Waals surface area (Å²) in [4.78, 5) is 11.2. The van der Waals surface area contributed by atoms with Crippen molar-refractivity contribution >= 4 is 28.9 Å². The summed E-state index contributed by atoms with van der Waals surface area (Å²) in [5.74, 6) is -2.21. The molecular formula is C22H23F5N6S. The highest BCUT2D eigenvalue weighted by atomic mass is 32.2. The first-order valence-corrected chi connectivity index (χ1v) is 12.1. The van der Waals surface area contributed by atoms with E-state index in [1.807, 2.05) is 0 Å². The van der Waals surface area contributed by atoms with E-state index < -0.39 is 34.5 Å². The van der Waals surface area contributed by atoms with Crippen molar-refractivity contribution in [3.8, 4) is 11.3 Å². The number of nitrogens with zero attached hydrogens (tertiary/aromatic N) is 6. The Morgan fingerprint density at radius 3 is 2.47 bits per heavy atom. The first-order valence-electron chi connectivity index (χ1n) is 10.9. The minimum atomic E-state index is -4.97. The Kier molecular flexibility index (Phi) is 5.51. The third-order valence-electron chi connectivity index (χ3n) is 6.92. The number of benzene rings is 1. The number of aromatic nitrogens is 4. The van der Waals surface area contributed by atoms with Crippen LogP contribution >= 0.6 is 11.9 Å². The highest BCUT2D eigenvalue weighted by Gasteiger charge is 2.47. The van der Waals surface area contributed by atoms with Crippen LogP contribution in [0.4, 0.5) is 27.9 Å². The molecule has 3 aromatic rings. The van der Waals surface area contributed by atoms with Gasteiger partial charge in [-0.3, -0.25) is 0 Å². The molecule has 0 atom stereocenters. The summed E-state index contributed by atoms with van der Waals surface area (Å²) in [7, 11) is 1.58. The zero-order valence-electron chi connectivity index (χ0n) is 18.9. The summed E-state index contributed by atoms with van der Waals surface area (Å²) < 4.78 is 73.0. The molecule has 0 radical (unpaired) electrons. The van der Waals surface area contributed by atoms with Crippen molar-refractivity contribution < 1.29 is 22.0 Å². The number of anilines is 1. The summed E-state index contributed by atoms with van der Waals surface area (Å²) in [6.07, 6.45) is 1.95. The fraction of sp³-hybridized carbons (Fsp3) is 0.500. The Morgan fingerprint density at radius 2 is 1.85 bits per heavy atom. The number of rotatable bonds is 3. The average Bonchev–Trinajstić information content (AvgIpc) is 3.10. The van der Waals surface area contributed by atoms with Crippen LogP contribution in [0.2, 0.25) is 0 Å². The molecule has 0 amide bonds. The number of hydrogen-bond donors (Lipinski definition) is 0. The number of aryl methyl sites for hydroxylation is 1. The highest BCUT2D eigenvalue weighted by Crippen LogP contribution is 2.44. The Hall–Kier alpha value is -2.47. The molecule has 0 unspecified atom stereocenters. The third-order valence-corrected chi connectivity index (χ3v) is 7.93. The summed E-state index contributed by atoms with van der Waals surface area (Å²) in [6.45, 7) is 3.36. The van der Waals surface area contributed by atoms with E-state index in [0.717, 1.165) is 39.4 Å². The molecule has 1 aliphatic heterocycles. The van der Waals surface area contributed by atoms with Crippen LogP contribution in [0.5, 0.6) is 0 Å². The molecule has 1 spiro atoms. The molecule has 0 bridgehead atoms. The molecular weight excluding hydrogens is 475 g/mol. The molecule has 2 aromatic heterocycles. The number of fused-ring (bicyclic) bond motifs is 1. The van der Waals surface area contributed by atoms with Gasteiger partial charge in [0.2, 0.25) is 5.95 Å². The van der Waals surface area contributed by atoms with E-state index in [4.69, 9.17) is 0 Å². The fourth-order valence-corrected chi connectivity index (χ4v) is 5.83. The SMILES string of the molecule is CSN1CCN(c2ncc3c(-c4cc(C(F)(F)F)c(F)c(C)c4F)nn(C)c3n2)CC12CCC2. The van der Waals surface area contributed by atoms with Crippen molar-refractivity contribution in [1.29, 1.82) is 0 Å². The molecule has 182 valence electrons. The van der Waals surface area contributed by atoms with Crippen molar-refractivity contribution in [2.75, 3.05) is 30.8 Å². The largest absolute Gasteiger partial charge is 0.419 e. The Bertz CT molecular complexity index is 1270. The van der Waals surface area contributed by atoms with Gasteiger partial charge in [-0.05, 0) is 38.5 Å². The van der Waals surface area contributed by atoms with E-state index in [9.17, 15) is 22.0 Å². The number of hydrogen-bond acceptors (Lipinski definition) is 6. The highest BCUT2D eigenvalue weighted by molar-refractivity contribution is 7.96. The molecule has 0 N–H and O–H groups in total. The van der Waals surface area contributed by atoms with Gasteiger partial charge in [0.1, 0.15) is 17.3 Å². The van der Waals surface area contributed by atoms with E-state index in [1.165, 1.54) is 17.3 Å². The zero-order valence-corrected chi connectivity index (χ0v) is 19.7. The van der Waals surface area contributed by atoms with Gasteiger partial charge < -0.3 is 4.90 Å². The zero-order chi connectivity index (χ0) is 24.4. The van der Waals surface area contributed by atoms with Crippen LogP contribution in [-0.2, 0) is 13.2 Å². The molecule has 5 rings (SSSR count). The lowest BCUT2D eigenvalue weighted by Gasteiger charge is -2.54. The van der Waals surface area contributed by atoms with Crippen LogP contribution in [0, 0.1) is 18.6 Å². The van der Waals surface area contributed by atoms with Crippen LogP contribution in [0.15, 0.2) is 12.3 Å². The van der Waals surface area contributed by atoms with Crippen molar-refractivity contribution in [2.45, 2.75) is 37.9 Å². The maximum absolute atomic E-state index is 14.9. The standard InChI is InChI=1S/C22H23F5N6S/c1-12-16(23)13(9-15(17(12)24)22(25,26)27)18-14-10-28-20(29-19(14)31(2)30-18)32-7-8-33(34-3)21(11-32)5-4-6-21/h9-10H,4-8,11H2,1-3H3. The Labute approximate surface area is 197 Å². The van der Waals surface area contributed by atoms with Gasteiger partial charge in [-0.1, -0.05) is 11.9 Å². The predicted molar refractivity (Wildman–Crippen MR) is 120 cm³/mol. The maximum atomic E-state index is 14.9. The average molecular weight is 499 g/mol. The molecule has 34 heavy (non-hydrogen) atoms. The van der Waals surface area contributed by atoms with E-state index in [1.54, 1.807) is 19.0 Å². The lowest BCUT2D eigenvalue weighted by molar-refractivity contribution is -0.140. The minimum Gasteiger partial charge on any atom is -0.338 e. The van der Waals surface area contributed by atoms with Gasteiger partial charge in [0, 0.05) is 49.5 Å². The molecule has 2 fully saturated rings. The van der Waals surface area contributed by atoms with Gasteiger partial charge >= 0.3 is 6.18 Å². The van der Waals surface area contributed by atoms with Crippen molar-refractivity contribution in [3.63, 3.8) is 0 Å². The maximum Gasteiger partial charge on any atom is 0.419 e. The number of piperazine rings is 1. The van der Waals surface area contributed by atoms with Crippen LogP contribution in [0.25, 0.3) is 22.3 Å². The van der Waals surface area contributed by atoms with Crippen molar-refractivity contribution in [2.24, 2.45) is 7.05 Å². The molecule has 3 heterocycles. The second-order valence-electron chi connectivity index (χ2n) is 8.89. The first-order chi connectivity index (χ1) is 16.1. The van der Waals surface area contributed by atoms with Gasteiger partial charge in [0.25, 0.3) is 0 Å². The first kappa shape index (κ1) is 23.3. The Morgan fingerprint density at radius 1 is 1.12 bits per heavy atom. The predicted octanol–water partition coefficient (Wildman–Crippen LogP) is 4.96. The van der Waals surface area contributed by atoms with Gasteiger partial charge in [-0.25, -0.2) is 22.8 Å². The quantitative estimate of drug-likeness (QED) is 0.376. The second-order valence-corrected chi connectivity index (χ2v) is 9.69. The minimum absolute atomic E-state index is 0.0576. The molecule has 2 aliphatic rings. The molecule has 1 saturated carbocycles. The monoisotopic (exact) mass is 498 g/mol. The molecule has 1 aliphatic carbocycles. The normalized spacial score (nSPS) is 18.6. The van der Waals surface area contributed by atoms with Gasteiger partial charge in [-0.2, -0.15) is 23.3 Å². The third kappa shape index (κ3) is 3.53. The van der Waals surface area contributed by atoms with E-state index in [0.29, 0.717) is 23.0 Å². The smallest absolute Gasteiger partial charge is 0.338 e. The van der Waals surface area contributed by atoms with Crippen LogP contribution in [0.1, 0.15) is 30.4 Å². The summed E-state index contributed by atoms with van der Waals surface area (Å²) >= 11 is 1.75. The van der Waals surface area contributed by atoms with Gasteiger partial charge in [-0.15, -0.1) is 0 Å². The topological polar surface area (TPSA) is 50.1 Å².